The average molecular weight is 473 g/mol. The molecule has 0 bridgehead atoms. The Morgan fingerprint density at radius 1 is 1.12 bits per heavy atom. The monoisotopic (exact) mass is 472 g/mol. The van der Waals surface area contributed by atoms with Gasteiger partial charge in [0, 0.05) is 23.4 Å². The predicted octanol–water partition coefficient (Wildman–Crippen LogP) is 5.75. The molecule has 0 heterocycles. The molecule has 2 aromatic rings. The Balaban J connectivity index is 1.70. The average Bonchev–Trinajstić information content (AvgIpc) is 3.29. The van der Waals surface area contributed by atoms with Gasteiger partial charge in [-0.05, 0) is 55.0 Å². The molecule has 2 amide bonds. The molecule has 1 fully saturated rings. The third kappa shape index (κ3) is 7.01. The SMILES string of the molecule is CC[C@@H](C(=O)NC1CCCC1)N(Cc1ccccc1C)C(=O)CSCc1ccc(Cl)cc1. The van der Waals surface area contributed by atoms with Gasteiger partial charge in [-0.1, -0.05) is 67.8 Å². The number of nitrogens with one attached hydrogen (secondary N) is 1. The fourth-order valence-corrected chi connectivity index (χ4v) is 5.17. The number of carbonyl (C=O) groups is 2. The minimum absolute atomic E-state index is 0.000591. The Kier molecular flexibility index (Phi) is 9.49. The lowest BCUT2D eigenvalue weighted by Gasteiger charge is -2.32. The van der Waals surface area contributed by atoms with Crippen LogP contribution in [0.2, 0.25) is 5.02 Å². The molecule has 1 N–H and O–H groups in total. The van der Waals surface area contributed by atoms with Crippen LogP contribution >= 0.6 is 23.4 Å². The van der Waals surface area contributed by atoms with E-state index in [2.05, 4.69) is 5.32 Å². The predicted molar refractivity (Wildman–Crippen MR) is 134 cm³/mol. The summed E-state index contributed by atoms with van der Waals surface area (Å²) < 4.78 is 0. The minimum Gasteiger partial charge on any atom is -0.352 e. The lowest BCUT2D eigenvalue weighted by atomic mass is 10.1. The molecule has 0 aliphatic heterocycles. The molecule has 0 unspecified atom stereocenters. The van der Waals surface area contributed by atoms with Gasteiger partial charge in [0.15, 0.2) is 0 Å². The summed E-state index contributed by atoms with van der Waals surface area (Å²) in [6, 6.07) is 15.5. The number of carbonyl (C=O) groups excluding carboxylic acids is 2. The zero-order valence-electron chi connectivity index (χ0n) is 19.0. The maximum absolute atomic E-state index is 13.3. The van der Waals surface area contributed by atoms with E-state index in [1.807, 2.05) is 62.4 Å². The highest BCUT2D eigenvalue weighted by molar-refractivity contribution is 7.99. The second kappa shape index (κ2) is 12.3. The van der Waals surface area contributed by atoms with Gasteiger partial charge >= 0.3 is 0 Å². The number of benzene rings is 2. The van der Waals surface area contributed by atoms with Crippen molar-refractivity contribution in [2.45, 2.75) is 70.3 Å². The molecule has 1 atom stereocenters. The van der Waals surface area contributed by atoms with Gasteiger partial charge in [0.25, 0.3) is 0 Å². The first-order valence-electron chi connectivity index (χ1n) is 11.4. The maximum atomic E-state index is 13.3. The molecule has 1 aliphatic rings. The standard InChI is InChI=1S/C26H33ClN2O2S/c1-3-24(26(31)28-23-10-6-7-11-23)29(16-21-9-5-4-8-19(21)2)25(30)18-32-17-20-12-14-22(27)15-13-20/h4-5,8-9,12-15,23-24H,3,6-7,10-11,16-18H2,1-2H3,(H,28,31)/t24-/m0/s1. The molecule has 2 aromatic carbocycles. The van der Waals surface area contributed by atoms with Crippen LogP contribution in [0, 0.1) is 6.92 Å². The molecule has 0 radical (unpaired) electrons. The zero-order valence-corrected chi connectivity index (χ0v) is 20.6. The number of rotatable bonds is 10. The van der Waals surface area contributed by atoms with Crippen molar-refractivity contribution in [2.75, 3.05) is 5.75 Å². The van der Waals surface area contributed by atoms with Crippen LogP contribution in [0.3, 0.4) is 0 Å². The van der Waals surface area contributed by atoms with Crippen molar-refractivity contribution in [3.63, 3.8) is 0 Å². The van der Waals surface area contributed by atoms with Gasteiger partial charge in [-0.15, -0.1) is 11.8 Å². The van der Waals surface area contributed by atoms with Crippen molar-refractivity contribution >= 4 is 35.2 Å². The molecule has 6 heteroatoms. The lowest BCUT2D eigenvalue weighted by Crippen LogP contribution is -2.51. The van der Waals surface area contributed by atoms with E-state index >= 15 is 0 Å². The number of halogens is 1. The van der Waals surface area contributed by atoms with Gasteiger partial charge in [-0.2, -0.15) is 0 Å². The minimum atomic E-state index is -0.459. The summed E-state index contributed by atoms with van der Waals surface area (Å²) in [5, 5.41) is 3.91. The Hall–Kier alpha value is -1.98. The van der Waals surface area contributed by atoms with E-state index in [0.717, 1.165) is 48.1 Å². The quantitative estimate of drug-likeness (QED) is 0.479. The number of aryl methyl sites for hydroxylation is 1. The van der Waals surface area contributed by atoms with Crippen LogP contribution in [-0.2, 0) is 21.9 Å². The van der Waals surface area contributed by atoms with Gasteiger partial charge in [0.2, 0.25) is 11.8 Å². The van der Waals surface area contributed by atoms with Crippen LogP contribution in [0.1, 0.15) is 55.7 Å². The molecule has 1 saturated carbocycles. The maximum Gasteiger partial charge on any atom is 0.243 e. The van der Waals surface area contributed by atoms with Crippen LogP contribution < -0.4 is 5.32 Å². The van der Waals surface area contributed by atoms with Crippen molar-refractivity contribution in [2.24, 2.45) is 0 Å². The van der Waals surface area contributed by atoms with Crippen molar-refractivity contribution < 1.29 is 9.59 Å². The van der Waals surface area contributed by atoms with Crippen molar-refractivity contribution in [3.8, 4) is 0 Å². The molecule has 1 aliphatic carbocycles. The molecule has 0 saturated heterocycles. The zero-order chi connectivity index (χ0) is 22.9. The first-order chi connectivity index (χ1) is 15.5. The summed E-state index contributed by atoms with van der Waals surface area (Å²) in [5.74, 6) is 1.04. The number of hydrogen-bond acceptors (Lipinski definition) is 3. The number of thioether (sulfide) groups is 1. The second-order valence-electron chi connectivity index (χ2n) is 8.48. The molecule has 0 spiro atoms. The smallest absolute Gasteiger partial charge is 0.243 e. The van der Waals surface area contributed by atoms with E-state index in [0.29, 0.717) is 23.7 Å². The summed E-state index contributed by atoms with van der Waals surface area (Å²) in [6.45, 7) is 4.48. The van der Waals surface area contributed by atoms with Crippen LogP contribution in [-0.4, -0.2) is 34.6 Å². The van der Waals surface area contributed by atoms with Crippen LogP contribution in [0.25, 0.3) is 0 Å². The molecular weight excluding hydrogens is 440 g/mol. The summed E-state index contributed by atoms with van der Waals surface area (Å²) in [6.07, 6.45) is 4.98. The van der Waals surface area contributed by atoms with Crippen LogP contribution in [0.5, 0.6) is 0 Å². The third-order valence-electron chi connectivity index (χ3n) is 6.10. The van der Waals surface area contributed by atoms with E-state index in [1.165, 1.54) is 0 Å². The highest BCUT2D eigenvalue weighted by atomic mass is 35.5. The fraction of sp³-hybridized carbons (Fsp3) is 0.462. The van der Waals surface area contributed by atoms with Gasteiger partial charge in [-0.3, -0.25) is 9.59 Å². The van der Waals surface area contributed by atoms with Gasteiger partial charge in [-0.25, -0.2) is 0 Å². The van der Waals surface area contributed by atoms with Gasteiger partial charge < -0.3 is 10.2 Å². The topological polar surface area (TPSA) is 49.4 Å². The van der Waals surface area contributed by atoms with Crippen molar-refractivity contribution in [1.29, 1.82) is 0 Å². The van der Waals surface area contributed by atoms with Crippen LogP contribution in [0.4, 0.5) is 0 Å². The van der Waals surface area contributed by atoms with E-state index < -0.39 is 6.04 Å². The summed E-state index contributed by atoms with van der Waals surface area (Å²) in [4.78, 5) is 28.3. The summed E-state index contributed by atoms with van der Waals surface area (Å²) in [5.41, 5.74) is 3.34. The number of nitrogens with zero attached hydrogens (tertiary/aromatic N) is 1. The van der Waals surface area contributed by atoms with E-state index in [1.54, 1.807) is 16.7 Å². The Morgan fingerprint density at radius 2 is 1.81 bits per heavy atom. The largest absolute Gasteiger partial charge is 0.352 e. The third-order valence-corrected chi connectivity index (χ3v) is 7.34. The fourth-order valence-electron chi connectivity index (χ4n) is 4.18. The lowest BCUT2D eigenvalue weighted by molar-refractivity contribution is -0.139. The van der Waals surface area contributed by atoms with Gasteiger partial charge in [0.05, 0.1) is 5.75 Å². The Labute approximate surface area is 201 Å². The number of hydrogen-bond donors (Lipinski definition) is 1. The molecule has 0 aromatic heterocycles. The molecule has 4 nitrogen and oxygen atoms in total. The highest BCUT2D eigenvalue weighted by Gasteiger charge is 2.30. The molecular formula is C26H33ClN2O2S. The van der Waals surface area contributed by atoms with Crippen molar-refractivity contribution in [3.05, 3.63) is 70.2 Å². The Bertz CT molecular complexity index is 897. The molecule has 3 rings (SSSR count). The van der Waals surface area contributed by atoms with Crippen molar-refractivity contribution in [1.82, 2.24) is 10.2 Å². The molecule has 172 valence electrons. The first-order valence-corrected chi connectivity index (χ1v) is 13.0. The number of amides is 2. The van der Waals surface area contributed by atoms with E-state index in [9.17, 15) is 9.59 Å². The second-order valence-corrected chi connectivity index (χ2v) is 9.90. The van der Waals surface area contributed by atoms with Crippen LogP contribution in [0.15, 0.2) is 48.5 Å². The highest BCUT2D eigenvalue weighted by Crippen LogP contribution is 2.21. The first kappa shape index (κ1) is 24.7. The van der Waals surface area contributed by atoms with E-state index in [-0.39, 0.29) is 17.9 Å². The Morgan fingerprint density at radius 3 is 2.47 bits per heavy atom. The summed E-state index contributed by atoms with van der Waals surface area (Å²) in [7, 11) is 0. The normalized spacial score (nSPS) is 14.8. The molecule has 32 heavy (non-hydrogen) atoms. The van der Waals surface area contributed by atoms with Gasteiger partial charge in [0.1, 0.15) is 6.04 Å². The van der Waals surface area contributed by atoms with E-state index in [4.69, 9.17) is 11.6 Å². The summed E-state index contributed by atoms with van der Waals surface area (Å²) >= 11 is 7.53.